The number of hydrogen-bond acceptors (Lipinski definition) is 2. The summed E-state index contributed by atoms with van der Waals surface area (Å²) in [6.45, 7) is 0.537. The van der Waals surface area contributed by atoms with Gasteiger partial charge in [0.1, 0.15) is 5.75 Å². The van der Waals surface area contributed by atoms with Gasteiger partial charge in [-0.15, -0.1) is 0 Å². The highest BCUT2D eigenvalue weighted by atomic mass is 79.9. The van der Waals surface area contributed by atoms with Crippen LogP contribution in [0.2, 0.25) is 0 Å². The molecule has 1 atom stereocenters. The first-order valence-electron chi connectivity index (χ1n) is 8.45. The molecule has 0 saturated heterocycles. The van der Waals surface area contributed by atoms with E-state index in [4.69, 9.17) is 4.74 Å². The summed E-state index contributed by atoms with van der Waals surface area (Å²) in [6, 6.07) is 18.2. The molecular weight excluding hydrogens is 366 g/mol. The lowest BCUT2D eigenvalue weighted by molar-refractivity contribution is -0.122. The number of halogens is 1. The topological polar surface area (TPSA) is 38.3 Å². The molecule has 0 heterocycles. The second kappa shape index (κ2) is 8.34. The van der Waals surface area contributed by atoms with E-state index in [0.717, 1.165) is 10.2 Å². The van der Waals surface area contributed by atoms with Gasteiger partial charge in [-0.3, -0.25) is 4.79 Å². The number of hydrogen-bond donors (Lipinski definition) is 1. The summed E-state index contributed by atoms with van der Waals surface area (Å²) in [5, 5.41) is 3.20. The van der Waals surface area contributed by atoms with E-state index >= 15 is 0 Å². The van der Waals surface area contributed by atoms with Crippen LogP contribution in [0.3, 0.4) is 0 Å². The Kier molecular flexibility index (Phi) is 5.91. The van der Waals surface area contributed by atoms with Gasteiger partial charge >= 0.3 is 0 Å². The quantitative estimate of drug-likeness (QED) is 0.655. The van der Waals surface area contributed by atoms with Crippen LogP contribution in [-0.4, -0.2) is 12.5 Å². The average Bonchev–Trinajstić information content (AvgIpc) is 3.44. The minimum atomic E-state index is 0.103. The maximum Gasteiger partial charge on any atom is 0.220 e. The summed E-state index contributed by atoms with van der Waals surface area (Å²) in [4.78, 5) is 12.3. The van der Waals surface area contributed by atoms with E-state index in [1.54, 1.807) is 0 Å². The van der Waals surface area contributed by atoms with E-state index in [1.807, 2.05) is 42.5 Å². The monoisotopic (exact) mass is 387 g/mol. The molecule has 0 spiro atoms. The van der Waals surface area contributed by atoms with Gasteiger partial charge in [-0.05, 0) is 58.8 Å². The first-order valence-corrected chi connectivity index (χ1v) is 9.25. The van der Waals surface area contributed by atoms with Crippen LogP contribution in [0.1, 0.15) is 37.3 Å². The van der Waals surface area contributed by atoms with Crippen LogP contribution >= 0.6 is 15.9 Å². The Labute approximate surface area is 151 Å². The van der Waals surface area contributed by atoms with Crippen molar-refractivity contribution < 1.29 is 9.53 Å². The third-order valence-corrected chi connectivity index (χ3v) is 4.87. The van der Waals surface area contributed by atoms with Crippen molar-refractivity contribution in [2.75, 3.05) is 6.61 Å². The van der Waals surface area contributed by atoms with E-state index in [2.05, 4.69) is 33.4 Å². The number of nitrogens with one attached hydrogen (secondary N) is 1. The summed E-state index contributed by atoms with van der Waals surface area (Å²) < 4.78 is 6.65. The van der Waals surface area contributed by atoms with Gasteiger partial charge in [-0.2, -0.15) is 0 Å². The molecule has 4 heteroatoms. The zero-order valence-corrected chi connectivity index (χ0v) is 15.2. The molecule has 24 heavy (non-hydrogen) atoms. The predicted molar refractivity (Wildman–Crippen MR) is 98.9 cm³/mol. The minimum absolute atomic E-state index is 0.103. The molecule has 1 saturated carbocycles. The van der Waals surface area contributed by atoms with Gasteiger partial charge in [0.25, 0.3) is 0 Å². The predicted octanol–water partition coefficient (Wildman–Crippen LogP) is 4.88. The zero-order chi connectivity index (χ0) is 16.8. The fourth-order valence-electron chi connectivity index (χ4n) is 2.79. The first kappa shape index (κ1) is 17.0. The van der Waals surface area contributed by atoms with Crippen LogP contribution < -0.4 is 10.1 Å². The normalized spacial score (nSPS) is 14.9. The number of carbonyl (C=O) groups is 1. The van der Waals surface area contributed by atoms with E-state index in [1.165, 1.54) is 18.4 Å². The summed E-state index contributed by atoms with van der Waals surface area (Å²) in [5.74, 6) is 1.51. The standard InChI is InChI=1S/C20H22BrNO2/c21-17-9-4-5-10-18(17)24-14-6-11-19(23)22-20(16-12-13-16)15-7-2-1-3-8-15/h1-5,7-10,16,20H,6,11-14H2,(H,22,23). The Balaban J connectivity index is 1.44. The second-order valence-electron chi connectivity index (χ2n) is 6.18. The number of ether oxygens (including phenoxy) is 1. The largest absolute Gasteiger partial charge is 0.492 e. The van der Waals surface area contributed by atoms with Crippen molar-refractivity contribution in [3.63, 3.8) is 0 Å². The molecule has 0 aromatic heterocycles. The number of carbonyl (C=O) groups excluding carboxylic acids is 1. The maximum atomic E-state index is 12.3. The third-order valence-electron chi connectivity index (χ3n) is 4.21. The van der Waals surface area contributed by atoms with Gasteiger partial charge in [0.15, 0.2) is 0 Å². The van der Waals surface area contributed by atoms with Crippen LogP contribution in [-0.2, 0) is 4.79 Å². The Morgan fingerprint density at radius 2 is 1.83 bits per heavy atom. The molecule has 1 amide bonds. The highest BCUT2D eigenvalue weighted by Crippen LogP contribution is 2.40. The van der Waals surface area contributed by atoms with Crippen molar-refractivity contribution in [1.82, 2.24) is 5.32 Å². The minimum Gasteiger partial charge on any atom is -0.492 e. The molecule has 0 radical (unpaired) electrons. The number of para-hydroxylation sites is 1. The molecule has 3 nitrogen and oxygen atoms in total. The van der Waals surface area contributed by atoms with Crippen LogP contribution in [0, 0.1) is 5.92 Å². The Bertz CT molecular complexity index is 670. The fourth-order valence-corrected chi connectivity index (χ4v) is 3.18. The molecule has 1 unspecified atom stereocenters. The maximum absolute atomic E-state index is 12.3. The van der Waals surface area contributed by atoms with E-state index in [-0.39, 0.29) is 11.9 Å². The summed E-state index contributed by atoms with van der Waals surface area (Å²) in [5.41, 5.74) is 1.21. The van der Waals surface area contributed by atoms with Crippen molar-refractivity contribution in [2.45, 2.75) is 31.7 Å². The molecule has 0 aliphatic heterocycles. The molecule has 1 aliphatic carbocycles. The van der Waals surface area contributed by atoms with Crippen molar-refractivity contribution in [1.29, 1.82) is 0 Å². The molecular formula is C20H22BrNO2. The summed E-state index contributed by atoms with van der Waals surface area (Å²) in [6.07, 6.45) is 3.59. The zero-order valence-electron chi connectivity index (χ0n) is 13.6. The number of amides is 1. The van der Waals surface area contributed by atoms with Crippen molar-refractivity contribution in [3.05, 3.63) is 64.6 Å². The van der Waals surface area contributed by atoms with Gasteiger partial charge in [-0.1, -0.05) is 42.5 Å². The Hall–Kier alpha value is -1.81. The molecule has 1 aliphatic rings. The highest BCUT2D eigenvalue weighted by molar-refractivity contribution is 9.10. The SMILES string of the molecule is O=C(CCCOc1ccccc1Br)NC(c1ccccc1)C1CC1. The summed E-state index contributed by atoms with van der Waals surface area (Å²) >= 11 is 3.45. The first-order chi connectivity index (χ1) is 11.7. The highest BCUT2D eigenvalue weighted by Gasteiger charge is 2.33. The molecule has 1 N–H and O–H groups in total. The van der Waals surface area contributed by atoms with Crippen LogP contribution in [0.15, 0.2) is 59.1 Å². The Morgan fingerprint density at radius 1 is 1.12 bits per heavy atom. The van der Waals surface area contributed by atoms with Gasteiger partial charge in [0, 0.05) is 6.42 Å². The van der Waals surface area contributed by atoms with Gasteiger partial charge in [0.2, 0.25) is 5.91 Å². The van der Waals surface area contributed by atoms with E-state index < -0.39 is 0 Å². The van der Waals surface area contributed by atoms with Crippen LogP contribution in [0.25, 0.3) is 0 Å². The van der Waals surface area contributed by atoms with Crippen molar-refractivity contribution in [2.24, 2.45) is 5.92 Å². The molecule has 0 bridgehead atoms. The van der Waals surface area contributed by atoms with Crippen molar-refractivity contribution in [3.8, 4) is 5.75 Å². The molecule has 3 rings (SSSR count). The van der Waals surface area contributed by atoms with Crippen molar-refractivity contribution >= 4 is 21.8 Å². The van der Waals surface area contributed by atoms with E-state index in [9.17, 15) is 4.79 Å². The van der Waals surface area contributed by atoms with Crippen LogP contribution in [0.5, 0.6) is 5.75 Å². The fraction of sp³-hybridized carbons (Fsp3) is 0.350. The molecule has 2 aromatic carbocycles. The van der Waals surface area contributed by atoms with Gasteiger partial charge in [-0.25, -0.2) is 0 Å². The summed E-state index contributed by atoms with van der Waals surface area (Å²) in [7, 11) is 0. The third kappa shape index (κ3) is 4.84. The van der Waals surface area contributed by atoms with Gasteiger partial charge in [0.05, 0.1) is 17.1 Å². The van der Waals surface area contributed by atoms with Gasteiger partial charge < -0.3 is 10.1 Å². The Morgan fingerprint density at radius 3 is 2.54 bits per heavy atom. The van der Waals surface area contributed by atoms with E-state index in [0.29, 0.717) is 25.4 Å². The molecule has 2 aromatic rings. The smallest absolute Gasteiger partial charge is 0.220 e. The second-order valence-corrected chi connectivity index (χ2v) is 7.03. The lowest BCUT2D eigenvalue weighted by Crippen LogP contribution is -2.29. The molecule has 126 valence electrons. The number of rotatable bonds is 8. The lowest BCUT2D eigenvalue weighted by Gasteiger charge is -2.19. The number of benzene rings is 2. The lowest BCUT2D eigenvalue weighted by atomic mass is 10.0. The van der Waals surface area contributed by atoms with Crippen LogP contribution in [0.4, 0.5) is 0 Å². The molecule has 1 fully saturated rings. The average molecular weight is 388 g/mol.